The molecule has 0 atom stereocenters. The Bertz CT molecular complexity index is 3550. The highest BCUT2D eigenvalue weighted by atomic mass is 19.4. The second-order valence-electron chi connectivity index (χ2n) is 16.4. The summed E-state index contributed by atoms with van der Waals surface area (Å²) in [6, 6.07) is 39.6. The lowest BCUT2D eigenvalue weighted by atomic mass is 9.97. The molecule has 0 saturated heterocycles. The third-order valence-electron chi connectivity index (χ3n) is 12.2. The van der Waals surface area contributed by atoms with E-state index >= 15 is 0 Å². The van der Waals surface area contributed by atoms with Crippen molar-refractivity contribution in [2.75, 3.05) is 0 Å². The van der Waals surface area contributed by atoms with E-state index in [9.17, 15) is 63.2 Å². The maximum atomic E-state index is 14.0. The van der Waals surface area contributed by atoms with E-state index in [0.29, 0.717) is 79.0 Å². The molecule has 0 radical (unpaired) electrons. The minimum Gasteiger partial charge on any atom is -0.308 e. The van der Waals surface area contributed by atoms with Crippen LogP contribution in [-0.4, -0.2) is 9.13 Å². The van der Waals surface area contributed by atoms with Gasteiger partial charge in [0, 0.05) is 21.5 Å². The summed E-state index contributed by atoms with van der Waals surface area (Å²) in [5.41, 5.74) is -2.97. The second kappa shape index (κ2) is 16.1. The summed E-state index contributed by atoms with van der Waals surface area (Å²) in [5, 5.41) is 23.4. The van der Waals surface area contributed by atoms with E-state index in [4.69, 9.17) is 0 Å². The van der Waals surface area contributed by atoms with Crippen molar-refractivity contribution in [2.45, 2.75) is 24.7 Å². The standard InChI is InChI=1S/C54H26F12N4/c55-51(56,57)37-17-35(18-38(25-37)52(58,59)60)31-13-15-43-41-5-1-3-7-45(41)69(49(43)23-31)47-21-29(9-11-33(47)27-67)30-10-12-34(28-68)48(22-30)70-46-8-4-2-6-42(46)44-16-14-32(24-50(44)70)36-19-39(53(61,62)63)26-40(20-36)54(64,65)66/h1-26H. The fraction of sp³-hybridized carbons (Fsp3) is 0.0741. The quantitative estimate of drug-likeness (QED) is 0.161. The van der Waals surface area contributed by atoms with Crippen LogP contribution in [0.3, 0.4) is 0 Å². The van der Waals surface area contributed by atoms with E-state index in [-0.39, 0.29) is 56.9 Å². The number of alkyl halides is 12. The second-order valence-corrected chi connectivity index (χ2v) is 16.4. The van der Waals surface area contributed by atoms with Gasteiger partial charge in [-0.2, -0.15) is 63.2 Å². The molecule has 10 rings (SSSR count). The summed E-state index contributed by atoms with van der Waals surface area (Å²) in [5.74, 6) is 0. The van der Waals surface area contributed by atoms with Crippen molar-refractivity contribution in [3.8, 4) is 56.9 Å². The third kappa shape index (κ3) is 7.81. The molecule has 8 aromatic carbocycles. The first-order valence-electron chi connectivity index (χ1n) is 20.9. The summed E-state index contributed by atoms with van der Waals surface area (Å²) in [4.78, 5) is 0. The molecule has 16 heteroatoms. The van der Waals surface area contributed by atoms with E-state index < -0.39 is 47.0 Å². The lowest BCUT2D eigenvalue weighted by Crippen LogP contribution is -2.11. The monoisotopic (exact) mass is 958 g/mol. The first-order chi connectivity index (χ1) is 33.1. The molecule has 4 nitrogen and oxygen atoms in total. The van der Waals surface area contributed by atoms with Gasteiger partial charge in [-0.3, -0.25) is 0 Å². The molecule has 10 aromatic rings. The molecule has 0 aliphatic carbocycles. The summed E-state index contributed by atoms with van der Waals surface area (Å²) in [6.45, 7) is 0. The lowest BCUT2D eigenvalue weighted by Gasteiger charge is -2.16. The number of rotatable bonds is 5. The number of benzene rings is 8. The van der Waals surface area contributed by atoms with Gasteiger partial charge >= 0.3 is 24.7 Å². The van der Waals surface area contributed by atoms with Crippen LogP contribution in [0.1, 0.15) is 33.4 Å². The van der Waals surface area contributed by atoms with Gasteiger partial charge in [-0.15, -0.1) is 0 Å². The van der Waals surface area contributed by atoms with Crippen LogP contribution >= 0.6 is 0 Å². The number of nitriles is 2. The molecular weight excluding hydrogens is 933 g/mol. The molecule has 0 N–H and O–H groups in total. The predicted molar refractivity (Wildman–Crippen MR) is 241 cm³/mol. The van der Waals surface area contributed by atoms with Crippen molar-refractivity contribution >= 4 is 43.6 Å². The topological polar surface area (TPSA) is 57.4 Å². The molecule has 0 amide bonds. The SMILES string of the molecule is N#Cc1ccc(-c2ccc(C#N)c(-n3c4ccccc4c4ccc(-c5cc(C(F)(F)F)cc(C(F)(F)F)c5)cc43)c2)cc1-n1c2ccccc2c2ccc(-c3cc(C(F)(F)F)cc(C(F)(F)F)c3)cc21. The molecule has 0 spiro atoms. The van der Waals surface area contributed by atoms with Crippen molar-refractivity contribution in [3.63, 3.8) is 0 Å². The number of fused-ring (bicyclic) bond motifs is 6. The number of nitrogens with zero attached hydrogens (tertiary/aromatic N) is 4. The number of hydrogen-bond donors (Lipinski definition) is 0. The first kappa shape index (κ1) is 45.3. The van der Waals surface area contributed by atoms with E-state index in [2.05, 4.69) is 12.1 Å². The molecule has 2 aromatic heterocycles. The Hall–Kier alpha value is -8.50. The fourth-order valence-electron chi connectivity index (χ4n) is 9.04. The first-order valence-corrected chi connectivity index (χ1v) is 20.9. The van der Waals surface area contributed by atoms with Gasteiger partial charge in [0.15, 0.2) is 0 Å². The Morgan fingerprint density at radius 3 is 0.929 bits per heavy atom. The highest BCUT2D eigenvalue weighted by Gasteiger charge is 2.38. The van der Waals surface area contributed by atoms with Gasteiger partial charge in [0.1, 0.15) is 12.1 Å². The van der Waals surface area contributed by atoms with Gasteiger partial charge in [0.2, 0.25) is 0 Å². The zero-order valence-corrected chi connectivity index (χ0v) is 35.3. The summed E-state index contributed by atoms with van der Waals surface area (Å²) < 4.78 is 171. The maximum Gasteiger partial charge on any atom is 0.416 e. The Morgan fingerprint density at radius 1 is 0.300 bits per heavy atom. The highest BCUT2D eigenvalue weighted by molar-refractivity contribution is 6.11. The fourth-order valence-corrected chi connectivity index (χ4v) is 9.04. The average molecular weight is 959 g/mol. The van der Waals surface area contributed by atoms with Gasteiger partial charge in [-0.05, 0) is 118 Å². The Labute approximate surface area is 387 Å². The van der Waals surface area contributed by atoms with Gasteiger partial charge in [0.25, 0.3) is 0 Å². The predicted octanol–water partition coefficient (Wildman–Crippen LogP) is 16.7. The molecule has 0 unspecified atom stereocenters. The number of aromatic nitrogens is 2. The van der Waals surface area contributed by atoms with Crippen molar-refractivity contribution in [2.24, 2.45) is 0 Å². The highest BCUT2D eigenvalue weighted by Crippen LogP contribution is 2.44. The largest absolute Gasteiger partial charge is 0.416 e. The molecule has 0 bridgehead atoms. The minimum absolute atomic E-state index is 0.0303. The minimum atomic E-state index is -5.09. The summed E-state index contributed by atoms with van der Waals surface area (Å²) >= 11 is 0. The summed E-state index contributed by atoms with van der Waals surface area (Å²) in [7, 11) is 0. The number of para-hydroxylation sites is 2. The van der Waals surface area contributed by atoms with Crippen LogP contribution in [0.25, 0.3) is 88.4 Å². The third-order valence-corrected chi connectivity index (χ3v) is 12.2. The van der Waals surface area contributed by atoms with E-state index in [1.165, 1.54) is 36.4 Å². The van der Waals surface area contributed by atoms with Crippen molar-refractivity contribution < 1.29 is 52.7 Å². The molecule has 0 fully saturated rings. The van der Waals surface area contributed by atoms with Crippen LogP contribution < -0.4 is 0 Å². The molecule has 2 heterocycles. The Morgan fingerprint density at radius 2 is 0.600 bits per heavy atom. The zero-order chi connectivity index (χ0) is 49.7. The normalized spacial score (nSPS) is 12.5. The smallest absolute Gasteiger partial charge is 0.308 e. The molecule has 0 aliphatic heterocycles. The molecule has 0 aliphatic rings. The average Bonchev–Trinajstić information content (AvgIpc) is 3.84. The van der Waals surface area contributed by atoms with Crippen LogP contribution in [0.4, 0.5) is 52.7 Å². The van der Waals surface area contributed by atoms with Crippen LogP contribution in [0, 0.1) is 22.7 Å². The molecule has 70 heavy (non-hydrogen) atoms. The van der Waals surface area contributed by atoms with Crippen molar-refractivity contribution in [1.29, 1.82) is 10.5 Å². The van der Waals surface area contributed by atoms with Crippen LogP contribution in [0.2, 0.25) is 0 Å². The van der Waals surface area contributed by atoms with Gasteiger partial charge in [0.05, 0.1) is 66.8 Å². The van der Waals surface area contributed by atoms with Crippen LogP contribution in [-0.2, 0) is 24.7 Å². The molecular formula is C54H26F12N4. The van der Waals surface area contributed by atoms with Gasteiger partial charge < -0.3 is 9.13 Å². The van der Waals surface area contributed by atoms with E-state index in [1.54, 1.807) is 94.1 Å². The van der Waals surface area contributed by atoms with Crippen LogP contribution in [0.15, 0.2) is 158 Å². The Balaban J connectivity index is 1.17. The van der Waals surface area contributed by atoms with E-state index in [1.807, 2.05) is 0 Å². The zero-order valence-electron chi connectivity index (χ0n) is 35.3. The number of halogens is 12. The van der Waals surface area contributed by atoms with Gasteiger partial charge in [-0.1, -0.05) is 72.8 Å². The lowest BCUT2D eigenvalue weighted by molar-refractivity contribution is -0.144. The number of hydrogen-bond acceptors (Lipinski definition) is 2. The van der Waals surface area contributed by atoms with Gasteiger partial charge in [-0.25, -0.2) is 0 Å². The molecule has 0 saturated carbocycles. The van der Waals surface area contributed by atoms with E-state index in [0.717, 1.165) is 0 Å². The maximum absolute atomic E-state index is 14.0. The van der Waals surface area contributed by atoms with Crippen molar-refractivity contribution in [3.05, 3.63) is 191 Å². The van der Waals surface area contributed by atoms with Crippen LogP contribution in [0.5, 0.6) is 0 Å². The van der Waals surface area contributed by atoms with Crippen molar-refractivity contribution in [1.82, 2.24) is 9.13 Å². The Kier molecular flexibility index (Phi) is 10.4. The molecule has 346 valence electrons. The summed E-state index contributed by atoms with van der Waals surface area (Å²) in [6.07, 6.45) is -20.4.